The van der Waals surface area contributed by atoms with Gasteiger partial charge in [0.2, 0.25) is 0 Å². The predicted octanol–water partition coefficient (Wildman–Crippen LogP) is 1.72. The van der Waals surface area contributed by atoms with Gasteiger partial charge in [-0.1, -0.05) is 13.8 Å². The van der Waals surface area contributed by atoms with Gasteiger partial charge < -0.3 is 20.8 Å². The molecular formula is C18H29N3O3. The van der Waals surface area contributed by atoms with Crippen molar-refractivity contribution >= 4 is 5.91 Å². The van der Waals surface area contributed by atoms with Crippen LogP contribution in [0.1, 0.15) is 49.5 Å². The predicted molar refractivity (Wildman–Crippen MR) is 94.5 cm³/mol. The van der Waals surface area contributed by atoms with Crippen LogP contribution in [0, 0.1) is 0 Å². The zero-order chi connectivity index (χ0) is 18.1. The quantitative estimate of drug-likeness (QED) is 0.779. The largest absolute Gasteiger partial charge is 0.508 e. The molecule has 0 unspecified atom stereocenters. The number of rotatable bonds is 4. The third-order valence-electron chi connectivity index (χ3n) is 4.29. The number of carbonyl (C=O) groups excluding carboxylic acids is 1. The number of phenolic OH excluding ortho intramolecular Hbond substituents is 2. The maximum absolute atomic E-state index is 12.7. The van der Waals surface area contributed by atoms with Crippen LogP contribution in [0.25, 0.3) is 0 Å². The van der Waals surface area contributed by atoms with Gasteiger partial charge in [-0.15, -0.1) is 0 Å². The second-order valence-electron chi connectivity index (χ2n) is 7.64. The van der Waals surface area contributed by atoms with E-state index in [1.54, 1.807) is 11.0 Å². The van der Waals surface area contributed by atoms with E-state index in [4.69, 9.17) is 5.73 Å². The van der Waals surface area contributed by atoms with Crippen molar-refractivity contribution in [1.82, 2.24) is 9.80 Å². The third-order valence-corrected chi connectivity index (χ3v) is 4.29. The Morgan fingerprint density at radius 1 is 1.17 bits per heavy atom. The lowest BCUT2D eigenvalue weighted by atomic mass is 9.98. The van der Waals surface area contributed by atoms with Crippen LogP contribution in [0.5, 0.6) is 11.5 Å². The van der Waals surface area contributed by atoms with E-state index in [2.05, 4.69) is 4.90 Å². The molecule has 0 spiro atoms. The van der Waals surface area contributed by atoms with Gasteiger partial charge in [0.1, 0.15) is 11.5 Å². The minimum absolute atomic E-state index is 0.0223. The van der Waals surface area contributed by atoms with Gasteiger partial charge in [0.15, 0.2) is 0 Å². The normalized spacial score (nSPS) is 16.7. The molecule has 0 bridgehead atoms. The summed E-state index contributed by atoms with van der Waals surface area (Å²) in [6.07, 6.45) is 0. The van der Waals surface area contributed by atoms with Crippen molar-refractivity contribution in [3.63, 3.8) is 0 Å². The minimum Gasteiger partial charge on any atom is -0.508 e. The van der Waals surface area contributed by atoms with Gasteiger partial charge in [0.25, 0.3) is 5.91 Å². The highest BCUT2D eigenvalue weighted by Crippen LogP contribution is 2.33. The van der Waals surface area contributed by atoms with Crippen LogP contribution in [0.3, 0.4) is 0 Å². The van der Waals surface area contributed by atoms with Crippen molar-refractivity contribution in [2.75, 3.05) is 32.7 Å². The van der Waals surface area contributed by atoms with Crippen molar-refractivity contribution < 1.29 is 15.0 Å². The molecule has 24 heavy (non-hydrogen) atoms. The number of phenols is 2. The lowest BCUT2D eigenvalue weighted by Crippen LogP contribution is -2.54. The van der Waals surface area contributed by atoms with Gasteiger partial charge in [-0.3, -0.25) is 9.69 Å². The summed E-state index contributed by atoms with van der Waals surface area (Å²) in [4.78, 5) is 16.7. The van der Waals surface area contributed by atoms with E-state index in [0.717, 1.165) is 19.6 Å². The lowest BCUT2D eigenvalue weighted by Gasteiger charge is -2.37. The van der Waals surface area contributed by atoms with E-state index in [1.165, 1.54) is 6.07 Å². The Labute approximate surface area is 143 Å². The first-order valence-electron chi connectivity index (χ1n) is 8.45. The average Bonchev–Trinajstić information content (AvgIpc) is 2.45. The van der Waals surface area contributed by atoms with Gasteiger partial charge in [-0.05, 0) is 31.4 Å². The molecule has 0 radical (unpaired) electrons. The van der Waals surface area contributed by atoms with Gasteiger partial charge in [-0.25, -0.2) is 0 Å². The van der Waals surface area contributed by atoms with E-state index < -0.39 is 0 Å². The zero-order valence-electron chi connectivity index (χ0n) is 15.0. The van der Waals surface area contributed by atoms with Crippen LogP contribution in [-0.4, -0.2) is 64.2 Å². The monoisotopic (exact) mass is 335 g/mol. The molecule has 1 fully saturated rings. The first kappa shape index (κ1) is 18.5. The molecule has 0 aliphatic carbocycles. The summed E-state index contributed by atoms with van der Waals surface area (Å²) in [5.74, 6) is -0.275. The summed E-state index contributed by atoms with van der Waals surface area (Å²) < 4.78 is 0. The number of hydrogen-bond acceptors (Lipinski definition) is 5. The molecule has 1 aromatic carbocycles. The molecule has 1 amide bonds. The fourth-order valence-corrected chi connectivity index (χ4v) is 3.08. The van der Waals surface area contributed by atoms with Crippen molar-refractivity contribution in [2.45, 2.75) is 39.2 Å². The number of aromatic hydroxyl groups is 2. The van der Waals surface area contributed by atoms with Gasteiger partial charge in [0.05, 0.1) is 5.56 Å². The Bertz CT molecular complexity index is 600. The van der Waals surface area contributed by atoms with Crippen LogP contribution in [0.4, 0.5) is 0 Å². The number of benzene rings is 1. The Morgan fingerprint density at radius 2 is 1.75 bits per heavy atom. The number of carbonyl (C=O) groups is 1. The molecular weight excluding hydrogens is 306 g/mol. The summed E-state index contributed by atoms with van der Waals surface area (Å²) in [6, 6.07) is 2.86. The number of amides is 1. The van der Waals surface area contributed by atoms with Crippen molar-refractivity contribution in [3.8, 4) is 11.5 Å². The maximum atomic E-state index is 12.7. The van der Waals surface area contributed by atoms with E-state index >= 15 is 0 Å². The molecule has 6 nitrogen and oxygen atoms in total. The molecule has 4 N–H and O–H groups in total. The fraction of sp³-hybridized carbons (Fsp3) is 0.611. The SMILES string of the molecule is CC(C)c1cc(C(=O)N2CCN(CC(C)(C)N)CC2)c(O)cc1O. The molecule has 0 saturated carbocycles. The smallest absolute Gasteiger partial charge is 0.257 e. The van der Waals surface area contributed by atoms with Crippen LogP contribution in [0.15, 0.2) is 12.1 Å². The van der Waals surface area contributed by atoms with E-state index in [9.17, 15) is 15.0 Å². The minimum atomic E-state index is -0.256. The first-order valence-corrected chi connectivity index (χ1v) is 8.45. The highest BCUT2D eigenvalue weighted by molar-refractivity contribution is 5.97. The molecule has 1 aliphatic rings. The molecule has 1 aromatic rings. The standard InChI is InChI=1S/C18H29N3O3/c1-12(2)13-9-14(16(23)10-15(13)22)17(24)21-7-5-20(6-8-21)11-18(3,4)19/h9-10,12,22-23H,5-8,11,19H2,1-4H3. The third kappa shape index (κ3) is 4.39. The van der Waals surface area contributed by atoms with Gasteiger partial charge >= 0.3 is 0 Å². The van der Waals surface area contributed by atoms with Crippen molar-refractivity contribution in [1.29, 1.82) is 0 Å². The fourth-order valence-electron chi connectivity index (χ4n) is 3.08. The van der Waals surface area contributed by atoms with Gasteiger partial charge in [0, 0.05) is 44.3 Å². The summed E-state index contributed by atoms with van der Waals surface area (Å²) in [7, 11) is 0. The molecule has 134 valence electrons. The molecule has 6 heteroatoms. The van der Waals surface area contributed by atoms with Crippen LogP contribution in [0.2, 0.25) is 0 Å². The van der Waals surface area contributed by atoms with Crippen LogP contribution in [-0.2, 0) is 0 Å². The Morgan fingerprint density at radius 3 is 2.25 bits per heavy atom. The van der Waals surface area contributed by atoms with Crippen LogP contribution >= 0.6 is 0 Å². The molecule has 0 aromatic heterocycles. The summed E-state index contributed by atoms with van der Waals surface area (Å²) in [5.41, 5.74) is 6.72. The Hall–Kier alpha value is -1.79. The number of nitrogens with two attached hydrogens (primary N) is 1. The summed E-state index contributed by atoms with van der Waals surface area (Å²) >= 11 is 0. The Balaban J connectivity index is 2.09. The average molecular weight is 335 g/mol. The zero-order valence-corrected chi connectivity index (χ0v) is 15.0. The first-order chi connectivity index (χ1) is 11.1. The summed E-state index contributed by atoms with van der Waals surface area (Å²) in [5, 5.41) is 20.0. The molecule has 1 saturated heterocycles. The number of piperazine rings is 1. The summed E-state index contributed by atoms with van der Waals surface area (Å²) in [6.45, 7) is 11.4. The molecule has 1 aliphatic heterocycles. The van der Waals surface area contributed by atoms with Crippen molar-refractivity contribution in [3.05, 3.63) is 23.3 Å². The van der Waals surface area contributed by atoms with E-state index in [0.29, 0.717) is 18.7 Å². The number of hydrogen-bond donors (Lipinski definition) is 3. The van der Waals surface area contributed by atoms with Gasteiger partial charge in [-0.2, -0.15) is 0 Å². The number of nitrogens with zero attached hydrogens (tertiary/aromatic N) is 2. The highest BCUT2D eigenvalue weighted by Gasteiger charge is 2.27. The highest BCUT2D eigenvalue weighted by atomic mass is 16.3. The maximum Gasteiger partial charge on any atom is 0.257 e. The Kier molecular flexibility index (Phi) is 5.40. The van der Waals surface area contributed by atoms with Crippen LogP contribution < -0.4 is 5.73 Å². The second kappa shape index (κ2) is 6.99. The molecule has 1 heterocycles. The molecule has 0 atom stereocenters. The second-order valence-corrected chi connectivity index (χ2v) is 7.64. The topological polar surface area (TPSA) is 90.0 Å². The van der Waals surface area contributed by atoms with Crippen molar-refractivity contribution in [2.24, 2.45) is 5.73 Å². The van der Waals surface area contributed by atoms with E-state index in [1.807, 2.05) is 27.7 Å². The lowest BCUT2D eigenvalue weighted by molar-refractivity contribution is 0.0613. The van der Waals surface area contributed by atoms with E-state index in [-0.39, 0.29) is 34.4 Å². The molecule has 2 rings (SSSR count).